The van der Waals surface area contributed by atoms with Crippen molar-refractivity contribution in [2.75, 3.05) is 26.4 Å². The topological polar surface area (TPSA) is 95.8 Å². The van der Waals surface area contributed by atoms with Crippen LogP contribution in [0.1, 0.15) is 172 Å². The number of unbranched alkanes of at least 4 members (excludes halogenated alkanes) is 14. The summed E-state index contributed by atoms with van der Waals surface area (Å²) in [5.41, 5.74) is 7.00. The summed E-state index contributed by atoms with van der Waals surface area (Å²) in [5.74, 6) is 0.436. The monoisotopic (exact) mass is 921 g/mol. The number of carbonyl (C=O) groups excluding carboxylic acids is 2. The van der Waals surface area contributed by atoms with Crippen LogP contribution >= 0.6 is 0 Å². The van der Waals surface area contributed by atoms with Gasteiger partial charge >= 0.3 is 11.9 Å². The standard InChI is InChI=1S/C60H76N2O6/c1-3-5-7-9-11-13-15-23-49-27-35-53(36-28-49)61-47-51-31-39-55(40-32-51)65-43-19-21-45-67-59(63)57-25-17-18-26-58(57)60(64)68-46-22-20-44-66-56-41-33-52(34-42-56)48-62-54-37-29-50(30-38-54)24-16-14-12-10-8-6-4-2/h17-18,25-42,47-48H,3-16,19-24,43-46H2,1-2H3. The lowest BCUT2D eigenvalue weighted by Crippen LogP contribution is -2.15. The van der Waals surface area contributed by atoms with Crippen LogP contribution < -0.4 is 9.47 Å². The molecule has 0 N–H and O–H groups in total. The Hall–Kier alpha value is -6.02. The molecule has 0 fully saturated rings. The normalized spacial score (nSPS) is 11.3. The Bertz CT molecular complexity index is 2040. The summed E-state index contributed by atoms with van der Waals surface area (Å²) in [6.07, 6.45) is 27.2. The fraction of sp³-hybridized carbons (Fsp3) is 0.433. The molecule has 0 spiro atoms. The summed E-state index contributed by atoms with van der Waals surface area (Å²) in [7, 11) is 0. The van der Waals surface area contributed by atoms with Crippen molar-refractivity contribution in [2.24, 2.45) is 9.98 Å². The number of benzene rings is 5. The summed E-state index contributed by atoms with van der Waals surface area (Å²) < 4.78 is 22.9. The Balaban J connectivity index is 0.895. The van der Waals surface area contributed by atoms with Gasteiger partial charge in [-0.25, -0.2) is 9.59 Å². The molecule has 362 valence electrons. The molecule has 5 aromatic rings. The number of aliphatic imine (C=N–C) groups is 2. The van der Waals surface area contributed by atoms with Crippen molar-refractivity contribution in [3.8, 4) is 11.5 Å². The lowest BCUT2D eigenvalue weighted by Gasteiger charge is -2.10. The largest absolute Gasteiger partial charge is 0.494 e. The zero-order chi connectivity index (χ0) is 47.7. The summed E-state index contributed by atoms with van der Waals surface area (Å²) in [5, 5.41) is 0. The minimum absolute atomic E-state index is 0.192. The van der Waals surface area contributed by atoms with Gasteiger partial charge in [0.1, 0.15) is 11.5 Å². The van der Waals surface area contributed by atoms with Gasteiger partial charge in [-0.1, -0.05) is 127 Å². The molecule has 5 aromatic carbocycles. The Morgan fingerprint density at radius 2 is 0.750 bits per heavy atom. The van der Waals surface area contributed by atoms with E-state index in [1.165, 1.54) is 101 Å². The molecule has 0 unspecified atom stereocenters. The van der Waals surface area contributed by atoms with Gasteiger partial charge in [-0.15, -0.1) is 0 Å². The SMILES string of the molecule is CCCCCCCCCc1ccc(N=Cc2ccc(OCCCCOC(=O)c3ccccc3C(=O)OCCCCOc3ccc(C=Nc4ccc(CCCCCCCCC)cc4)cc3)cc2)cc1. The van der Waals surface area contributed by atoms with Crippen LogP contribution in [0.3, 0.4) is 0 Å². The highest BCUT2D eigenvalue weighted by Crippen LogP contribution is 2.20. The van der Waals surface area contributed by atoms with Gasteiger partial charge in [0.15, 0.2) is 0 Å². The third kappa shape index (κ3) is 21.3. The second-order valence-electron chi connectivity index (χ2n) is 17.7. The molecule has 8 nitrogen and oxygen atoms in total. The molecule has 0 saturated carbocycles. The number of aryl methyl sites for hydroxylation is 2. The number of nitrogens with zero attached hydrogens (tertiary/aromatic N) is 2. The highest BCUT2D eigenvalue weighted by molar-refractivity contribution is 6.03. The van der Waals surface area contributed by atoms with Gasteiger partial charge in [0, 0.05) is 12.4 Å². The molecular formula is C60H76N2O6. The number of esters is 2. The minimum Gasteiger partial charge on any atom is -0.494 e. The fourth-order valence-electron chi connectivity index (χ4n) is 7.78. The van der Waals surface area contributed by atoms with Gasteiger partial charge in [-0.2, -0.15) is 0 Å². The zero-order valence-corrected chi connectivity index (χ0v) is 41.0. The van der Waals surface area contributed by atoms with Crippen molar-refractivity contribution in [1.82, 2.24) is 0 Å². The molecule has 0 aliphatic carbocycles. The summed E-state index contributed by atoms with van der Waals surface area (Å²) in [6, 6.07) is 39.4. The molecule has 5 rings (SSSR count). The Morgan fingerprint density at radius 1 is 0.397 bits per heavy atom. The van der Waals surface area contributed by atoms with E-state index in [0.29, 0.717) is 38.9 Å². The van der Waals surface area contributed by atoms with Crippen molar-refractivity contribution in [1.29, 1.82) is 0 Å². The van der Waals surface area contributed by atoms with Crippen LogP contribution in [0.25, 0.3) is 0 Å². The Morgan fingerprint density at radius 3 is 1.13 bits per heavy atom. The average Bonchev–Trinajstić information content (AvgIpc) is 3.37. The first-order chi connectivity index (χ1) is 33.5. The molecule has 0 atom stereocenters. The van der Waals surface area contributed by atoms with Gasteiger partial charge in [-0.05, 0) is 159 Å². The molecule has 0 aliphatic rings. The second-order valence-corrected chi connectivity index (χ2v) is 17.7. The zero-order valence-electron chi connectivity index (χ0n) is 41.0. The maximum atomic E-state index is 12.9. The number of rotatable bonds is 34. The molecule has 0 bridgehead atoms. The summed E-state index contributed by atoms with van der Waals surface area (Å²) in [6.45, 7) is 5.92. The van der Waals surface area contributed by atoms with Crippen molar-refractivity contribution < 1.29 is 28.5 Å². The smallest absolute Gasteiger partial charge is 0.339 e. The molecule has 0 radical (unpaired) electrons. The average molecular weight is 921 g/mol. The van der Waals surface area contributed by atoms with Crippen molar-refractivity contribution >= 4 is 35.7 Å². The van der Waals surface area contributed by atoms with Crippen molar-refractivity contribution in [3.63, 3.8) is 0 Å². The first-order valence-electron chi connectivity index (χ1n) is 25.7. The molecule has 0 saturated heterocycles. The van der Waals surface area contributed by atoms with E-state index >= 15 is 0 Å². The van der Waals surface area contributed by atoms with Gasteiger partial charge in [-0.3, -0.25) is 9.98 Å². The molecule has 0 aromatic heterocycles. The highest BCUT2D eigenvalue weighted by Gasteiger charge is 2.19. The van der Waals surface area contributed by atoms with Crippen LogP contribution in [0.5, 0.6) is 11.5 Å². The first-order valence-corrected chi connectivity index (χ1v) is 25.7. The van der Waals surface area contributed by atoms with E-state index in [-0.39, 0.29) is 24.3 Å². The second kappa shape index (κ2) is 32.6. The van der Waals surface area contributed by atoms with E-state index in [1.54, 1.807) is 24.3 Å². The lowest BCUT2D eigenvalue weighted by molar-refractivity contribution is 0.0447. The third-order valence-corrected chi connectivity index (χ3v) is 11.9. The summed E-state index contributed by atoms with van der Waals surface area (Å²) in [4.78, 5) is 35.2. The Kier molecular flexibility index (Phi) is 25.4. The van der Waals surface area contributed by atoms with Crippen LogP contribution in [0.2, 0.25) is 0 Å². The van der Waals surface area contributed by atoms with Crippen LogP contribution in [-0.2, 0) is 22.3 Å². The minimum atomic E-state index is -0.552. The van der Waals surface area contributed by atoms with E-state index < -0.39 is 11.9 Å². The number of carbonyl (C=O) groups is 2. The number of hydrogen-bond donors (Lipinski definition) is 0. The maximum Gasteiger partial charge on any atom is 0.339 e. The van der Waals surface area contributed by atoms with Crippen molar-refractivity contribution in [2.45, 2.75) is 142 Å². The number of ether oxygens (including phenoxy) is 4. The van der Waals surface area contributed by atoms with E-state index in [2.05, 4.69) is 72.4 Å². The fourth-order valence-corrected chi connectivity index (χ4v) is 7.78. The Labute approximate surface area is 407 Å². The van der Waals surface area contributed by atoms with E-state index in [4.69, 9.17) is 18.9 Å². The summed E-state index contributed by atoms with van der Waals surface area (Å²) >= 11 is 0. The van der Waals surface area contributed by atoms with E-state index in [0.717, 1.165) is 46.8 Å². The maximum absolute atomic E-state index is 12.9. The van der Waals surface area contributed by atoms with Crippen LogP contribution in [0, 0.1) is 0 Å². The van der Waals surface area contributed by atoms with Gasteiger partial charge in [0.25, 0.3) is 0 Å². The van der Waals surface area contributed by atoms with E-state index in [1.807, 2.05) is 61.0 Å². The molecule has 8 heteroatoms. The number of hydrogen-bond acceptors (Lipinski definition) is 8. The van der Waals surface area contributed by atoms with E-state index in [9.17, 15) is 9.59 Å². The quantitative estimate of drug-likeness (QED) is 0.0232. The molecule has 0 aliphatic heterocycles. The van der Waals surface area contributed by atoms with Crippen LogP contribution in [0.4, 0.5) is 11.4 Å². The van der Waals surface area contributed by atoms with Crippen LogP contribution in [0.15, 0.2) is 131 Å². The molecule has 68 heavy (non-hydrogen) atoms. The highest BCUT2D eigenvalue weighted by atomic mass is 16.5. The van der Waals surface area contributed by atoms with Gasteiger partial charge < -0.3 is 18.9 Å². The van der Waals surface area contributed by atoms with Gasteiger partial charge in [0.05, 0.1) is 48.9 Å². The van der Waals surface area contributed by atoms with Crippen molar-refractivity contribution in [3.05, 3.63) is 155 Å². The lowest BCUT2D eigenvalue weighted by atomic mass is 10.0. The third-order valence-electron chi connectivity index (χ3n) is 11.9. The molecule has 0 heterocycles. The van der Waals surface area contributed by atoms with Crippen LogP contribution in [-0.4, -0.2) is 50.8 Å². The molecule has 0 amide bonds. The predicted molar refractivity (Wildman–Crippen MR) is 280 cm³/mol. The molecular weight excluding hydrogens is 845 g/mol. The first kappa shape index (κ1) is 52.9. The predicted octanol–water partition coefficient (Wildman–Crippen LogP) is 15.8. The van der Waals surface area contributed by atoms with Gasteiger partial charge in [0.2, 0.25) is 0 Å².